The molecule has 0 fully saturated rings. The molecule has 178 valence electrons. The van der Waals surface area contributed by atoms with Crippen LogP contribution in [0, 0.1) is 5.82 Å². The van der Waals surface area contributed by atoms with E-state index in [1.165, 1.54) is 18.5 Å². The Labute approximate surface area is 211 Å². The van der Waals surface area contributed by atoms with Gasteiger partial charge in [0.2, 0.25) is 5.78 Å². The van der Waals surface area contributed by atoms with Crippen LogP contribution in [-0.4, -0.2) is 26.6 Å². The van der Waals surface area contributed by atoms with Crippen LogP contribution in [0.4, 0.5) is 4.39 Å². The predicted octanol–water partition coefficient (Wildman–Crippen LogP) is 5.82. The molecule has 8 heteroatoms. The Hall–Kier alpha value is -4.36. The quantitative estimate of drug-likeness (QED) is 0.153. The summed E-state index contributed by atoms with van der Waals surface area (Å²) in [4.78, 5) is 33.0. The molecule has 5 rings (SSSR count). The number of fused-ring (bicyclic) bond motifs is 1. The highest BCUT2D eigenvalue weighted by molar-refractivity contribution is 6.36. The molecule has 1 atom stereocenters. The van der Waals surface area contributed by atoms with Gasteiger partial charge in [0, 0.05) is 29.4 Å². The Bertz CT molecular complexity index is 1570. The van der Waals surface area contributed by atoms with Crippen molar-refractivity contribution in [3.63, 3.8) is 0 Å². The molecule has 0 amide bonds. The van der Waals surface area contributed by atoms with Gasteiger partial charge in [0.25, 0.3) is 0 Å². The zero-order chi connectivity index (χ0) is 25.1. The summed E-state index contributed by atoms with van der Waals surface area (Å²) >= 11 is 6.45. The van der Waals surface area contributed by atoms with E-state index in [0.29, 0.717) is 16.6 Å². The Balaban J connectivity index is 1.68. The first-order valence-electron chi connectivity index (χ1n) is 11.1. The van der Waals surface area contributed by atoms with Gasteiger partial charge < -0.3 is 9.30 Å². The Morgan fingerprint density at radius 1 is 1.03 bits per heavy atom. The lowest BCUT2D eigenvalue weighted by Crippen LogP contribution is -2.19. The van der Waals surface area contributed by atoms with Gasteiger partial charge in [-0.2, -0.15) is 0 Å². The highest BCUT2D eigenvalue weighted by atomic mass is 35.5. The van der Waals surface area contributed by atoms with Crippen molar-refractivity contribution in [3.8, 4) is 5.75 Å². The SMILES string of the molecule is O=CC(=O)c1c2ccccc2cn1C(c1ccc(F)c(OCc2ccccc2)c1)c1nccnc1Cl. The molecule has 2 heterocycles. The van der Waals surface area contributed by atoms with Gasteiger partial charge in [-0.05, 0) is 23.3 Å². The van der Waals surface area contributed by atoms with Gasteiger partial charge in [-0.1, -0.05) is 72.3 Å². The second-order valence-electron chi connectivity index (χ2n) is 8.05. The van der Waals surface area contributed by atoms with Gasteiger partial charge in [-0.15, -0.1) is 0 Å². The molecule has 5 aromatic rings. The van der Waals surface area contributed by atoms with Gasteiger partial charge in [-0.25, -0.2) is 9.37 Å². The van der Waals surface area contributed by atoms with Crippen LogP contribution in [0.2, 0.25) is 5.15 Å². The fraction of sp³-hybridized carbons (Fsp3) is 0.0714. The summed E-state index contributed by atoms with van der Waals surface area (Å²) in [5, 5.41) is 1.46. The number of ketones is 1. The third-order valence-electron chi connectivity index (χ3n) is 5.82. The van der Waals surface area contributed by atoms with Crippen molar-refractivity contribution in [3.05, 3.63) is 125 Å². The number of hydrogen-bond donors (Lipinski definition) is 0. The molecule has 0 aliphatic heterocycles. The van der Waals surface area contributed by atoms with E-state index in [-0.39, 0.29) is 29.5 Å². The van der Waals surface area contributed by atoms with Crippen molar-refractivity contribution in [2.75, 3.05) is 0 Å². The maximum Gasteiger partial charge on any atom is 0.242 e. The number of Topliss-reactive ketones (excluding diaryl/α,β-unsaturated/α-hetero) is 1. The second-order valence-corrected chi connectivity index (χ2v) is 8.41. The zero-order valence-corrected chi connectivity index (χ0v) is 19.6. The normalized spacial score (nSPS) is 11.8. The van der Waals surface area contributed by atoms with Crippen LogP contribution in [0.25, 0.3) is 10.8 Å². The smallest absolute Gasteiger partial charge is 0.242 e. The van der Waals surface area contributed by atoms with Crippen LogP contribution in [0.5, 0.6) is 5.75 Å². The molecule has 6 nitrogen and oxygen atoms in total. The summed E-state index contributed by atoms with van der Waals surface area (Å²) in [5.41, 5.74) is 1.93. The summed E-state index contributed by atoms with van der Waals surface area (Å²) in [5.74, 6) is -1.22. The van der Waals surface area contributed by atoms with Crippen molar-refractivity contribution in [1.82, 2.24) is 14.5 Å². The highest BCUT2D eigenvalue weighted by Gasteiger charge is 2.28. The van der Waals surface area contributed by atoms with E-state index in [1.54, 1.807) is 35.0 Å². The first-order valence-corrected chi connectivity index (χ1v) is 11.5. The molecule has 0 radical (unpaired) electrons. The lowest BCUT2D eigenvalue weighted by atomic mass is 10.0. The average Bonchev–Trinajstić information content (AvgIpc) is 3.29. The minimum Gasteiger partial charge on any atom is -0.486 e. The van der Waals surface area contributed by atoms with Crippen LogP contribution in [0.15, 0.2) is 91.4 Å². The topological polar surface area (TPSA) is 74.1 Å². The zero-order valence-electron chi connectivity index (χ0n) is 18.8. The molecule has 0 bridgehead atoms. The largest absolute Gasteiger partial charge is 0.486 e. The number of hydrogen-bond acceptors (Lipinski definition) is 5. The van der Waals surface area contributed by atoms with Gasteiger partial charge in [-0.3, -0.25) is 14.6 Å². The molecule has 0 aliphatic rings. The predicted molar refractivity (Wildman–Crippen MR) is 134 cm³/mol. The van der Waals surface area contributed by atoms with Crippen LogP contribution in [0.1, 0.15) is 33.4 Å². The molecule has 0 saturated carbocycles. The van der Waals surface area contributed by atoms with Gasteiger partial charge in [0.05, 0.1) is 0 Å². The second kappa shape index (κ2) is 10.1. The number of ether oxygens (including phenoxy) is 1. The van der Waals surface area contributed by atoms with E-state index in [9.17, 15) is 14.0 Å². The average molecular weight is 500 g/mol. The number of carbonyl (C=O) groups is 2. The Kier molecular flexibility index (Phi) is 6.56. The first kappa shape index (κ1) is 23.4. The molecule has 1 unspecified atom stereocenters. The first-order chi connectivity index (χ1) is 17.6. The van der Waals surface area contributed by atoms with E-state index >= 15 is 0 Å². The monoisotopic (exact) mass is 499 g/mol. The van der Waals surface area contributed by atoms with Crippen LogP contribution in [-0.2, 0) is 11.4 Å². The molecule has 0 spiro atoms. The number of aldehydes is 1. The lowest BCUT2D eigenvalue weighted by molar-refractivity contribution is -0.104. The van der Waals surface area contributed by atoms with E-state index in [4.69, 9.17) is 16.3 Å². The van der Waals surface area contributed by atoms with Crippen molar-refractivity contribution in [2.45, 2.75) is 12.6 Å². The molecule has 2 aromatic heterocycles. The Morgan fingerprint density at radius 3 is 2.56 bits per heavy atom. The minimum atomic E-state index is -0.794. The third kappa shape index (κ3) is 4.48. The van der Waals surface area contributed by atoms with Crippen molar-refractivity contribution in [2.24, 2.45) is 0 Å². The highest BCUT2D eigenvalue weighted by Crippen LogP contribution is 2.36. The lowest BCUT2D eigenvalue weighted by Gasteiger charge is -2.22. The molecule has 0 aliphatic carbocycles. The summed E-state index contributed by atoms with van der Waals surface area (Å²) in [6, 6.07) is 20.2. The maximum absolute atomic E-state index is 14.8. The van der Waals surface area contributed by atoms with Gasteiger partial charge >= 0.3 is 0 Å². The molecule has 36 heavy (non-hydrogen) atoms. The number of nitrogens with zero attached hydrogens (tertiary/aromatic N) is 3. The fourth-order valence-electron chi connectivity index (χ4n) is 4.20. The van der Waals surface area contributed by atoms with Crippen molar-refractivity contribution < 1.29 is 18.7 Å². The number of carbonyl (C=O) groups excluding carboxylic acids is 2. The van der Waals surface area contributed by atoms with Crippen LogP contribution in [0.3, 0.4) is 0 Å². The van der Waals surface area contributed by atoms with E-state index in [1.807, 2.05) is 42.5 Å². The van der Waals surface area contributed by atoms with Gasteiger partial charge in [0.15, 0.2) is 23.0 Å². The molecule has 0 N–H and O–H groups in total. The van der Waals surface area contributed by atoms with Crippen molar-refractivity contribution >= 4 is 34.4 Å². The number of benzene rings is 3. The van der Waals surface area contributed by atoms with E-state index < -0.39 is 17.6 Å². The Morgan fingerprint density at radius 2 is 1.78 bits per heavy atom. The minimum absolute atomic E-state index is 0.0290. The summed E-state index contributed by atoms with van der Waals surface area (Å²) in [6.07, 6.45) is 4.95. The molecule has 0 saturated heterocycles. The van der Waals surface area contributed by atoms with Gasteiger partial charge in [0.1, 0.15) is 24.0 Å². The molecular weight excluding hydrogens is 481 g/mol. The maximum atomic E-state index is 14.8. The fourth-order valence-corrected chi connectivity index (χ4v) is 4.41. The number of rotatable bonds is 8. The van der Waals surface area contributed by atoms with E-state index in [2.05, 4.69) is 9.97 Å². The number of halogens is 2. The van der Waals surface area contributed by atoms with Crippen molar-refractivity contribution in [1.29, 1.82) is 0 Å². The summed E-state index contributed by atoms with van der Waals surface area (Å²) < 4.78 is 22.2. The third-order valence-corrected chi connectivity index (χ3v) is 6.11. The van der Waals surface area contributed by atoms with E-state index in [0.717, 1.165) is 10.9 Å². The van der Waals surface area contributed by atoms with Crippen LogP contribution < -0.4 is 4.74 Å². The molecule has 3 aromatic carbocycles. The summed E-state index contributed by atoms with van der Waals surface area (Å²) in [6.45, 7) is 0.167. The standard InChI is InChI=1S/C28H19ClFN3O3/c29-28-25(31-12-13-32-28)26(33-15-20-8-4-5-9-21(20)27(33)23(35)16-34)19-10-11-22(30)24(14-19)36-17-18-6-2-1-3-7-18/h1-16,26H,17H2. The molecular formula is C28H19ClFN3O3. The number of aromatic nitrogens is 3. The summed E-state index contributed by atoms with van der Waals surface area (Å²) in [7, 11) is 0. The van der Waals surface area contributed by atoms with Crippen LogP contribution >= 0.6 is 11.6 Å².